The fourth-order valence-electron chi connectivity index (χ4n) is 2.56. The fraction of sp³-hybridized carbons (Fsp3) is 1.00. The van der Waals surface area contributed by atoms with Gasteiger partial charge in [0.15, 0.2) is 0 Å². The van der Waals surface area contributed by atoms with Crippen LogP contribution in [0.25, 0.3) is 0 Å². The van der Waals surface area contributed by atoms with Gasteiger partial charge in [-0.3, -0.25) is 4.90 Å². The Kier molecular flexibility index (Phi) is 5.26. The molecule has 1 saturated carbocycles. The monoisotopic (exact) mass is 240 g/mol. The summed E-state index contributed by atoms with van der Waals surface area (Å²) >= 11 is 0. The van der Waals surface area contributed by atoms with E-state index in [1.807, 2.05) is 0 Å². The topological polar surface area (TPSA) is 24.5 Å². The van der Waals surface area contributed by atoms with Crippen molar-refractivity contribution in [3.05, 3.63) is 0 Å². The zero-order valence-corrected chi connectivity index (χ0v) is 11.5. The summed E-state index contributed by atoms with van der Waals surface area (Å²) < 4.78 is 5.68. The van der Waals surface area contributed by atoms with E-state index in [0.29, 0.717) is 6.10 Å². The highest BCUT2D eigenvalue weighted by molar-refractivity contribution is 4.82. The lowest BCUT2D eigenvalue weighted by Gasteiger charge is -2.26. The van der Waals surface area contributed by atoms with Crippen molar-refractivity contribution in [2.75, 3.05) is 32.8 Å². The smallest absolute Gasteiger partial charge is 0.0596 e. The molecule has 0 aromatic rings. The van der Waals surface area contributed by atoms with Gasteiger partial charge in [0.25, 0.3) is 0 Å². The fourth-order valence-corrected chi connectivity index (χ4v) is 2.56. The molecular formula is C14H28N2O. The van der Waals surface area contributed by atoms with Crippen molar-refractivity contribution in [1.82, 2.24) is 10.2 Å². The summed E-state index contributed by atoms with van der Waals surface area (Å²) in [5.41, 5.74) is 0. The summed E-state index contributed by atoms with van der Waals surface area (Å²) in [5, 5.41) is 3.60. The van der Waals surface area contributed by atoms with Crippen LogP contribution in [-0.2, 0) is 4.74 Å². The van der Waals surface area contributed by atoms with Gasteiger partial charge in [0.1, 0.15) is 0 Å². The maximum absolute atomic E-state index is 5.68. The van der Waals surface area contributed by atoms with Gasteiger partial charge in [0.2, 0.25) is 0 Å². The van der Waals surface area contributed by atoms with E-state index in [9.17, 15) is 0 Å². The molecule has 0 aromatic carbocycles. The van der Waals surface area contributed by atoms with E-state index < -0.39 is 0 Å². The van der Waals surface area contributed by atoms with E-state index in [0.717, 1.165) is 25.1 Å². The first kappa shape index (κ1) is 13.3. The van der Waals surface area contributed by atoms with Crippen molar-refractivity contribution in [2.45, 2.75) is 51.7 Å². The lowest BCUT2D eigenvalue weighted by atomic mass is 10.2. The summed E-state index contributed by atoms with van der Waals surface area (Å²) in [4.78, 5) is 2.61. The molecule has 1 unspecified atom stereocenters. The van der Waals surface area contributed by atoms with Crippen LogP contribution < -0.4 is 5.32 Å². The molecule has 1 N–H and O–H groups in total. The second-order valence-corrected chi connectivity index (χ2v) is 5.92. The number of nitrogens with one attached hydrogen (secondary N) is 1. The number of nitrogens with zero attached hydrogens (tertiary/aromatic N) is 1. The maximum atomic E-state index is 5.68. The van der Waals surface area contributed by atoms with Gasteiger partial charge in [0, 0.05) is 25.7 Å². The van der Waals surface area contributed by atoms with Crippen molar-refractivity contribution < 1.29 is 4.74 Å². The molecule has 3 nitrogen and oxygen atoms in total. The first-order chi connectivity index (χ1) is 8.24. The second kappa shape index (κ2) is 6.72. The lowest BCUT2D eigenvalue weighted by molar-refractivity contribution is 0.0563. The Hall–Kier alpha value is -0.120. The highest BCUT2D eigenvalue weighted by Crippen LogP contribution is 2.29. The van der Waals surface area contributed by atoms with Crippen molar-refractivity contribution in [2.24, 2.45) is 5.92 Å². The SMILES string of the molecule is CC(C)OCCN(CC1CC1)CC1CCCN1. The summed E-state index contributed by atoms with van der Waals surface area (Å²) in [6.45, 7) is 9.94. The molecule has 1 atom stereocenters. The Morgan fingerprint density at radius 2 is 2.06 bits per heavy atom. The van der Waals surface area contributed by atoms with Crippen molar-refractivity contribution in [3.8, 4) is 0 Å². The van der Waals surface area contributed by atoms with Gasteiger partial charge in [-0.05, 0) is 52.0 Å². The third-order valence-corrected chi connectivity index (χ3v) is 3.71. The van der Waals surface area contributed by atoms with E-state index in [1.54, 1.807) is 0 Å². The molecule has 17 heavy (non-hydrogen) atoms. The lowest BCUT2D eigenvalue weighted by Crippen LogP contribution is -2.40. The normalized spacial score (nSPS) is 25.1. The van der Waals surface area contributed by atoms with Crippen LogP contribution in [0.2, 0.25) is 0 Å². The van der Waals surface area contributed by atoms with Crippen molar-refractivity contribution in [3.63, 3.8) is 0 Å². The van der Waals surface area contributed by atoms with Crippen LogP contribution in [0, 0.1) is 5.92 Å². The van der Waals surface area contributed by atoms with E-state index in [4.69, 9.17) is 4.74 Å². The number of hydrogen-bond acceptors (Lipinski definition) is 3. The molecule has 0 amide bonds. The van der Waals surface area contributed by atoms with Crippen LogP contribution in [-0.4, -0.2) is 49.8 Å². The largest absolute Gasteiger partial charge is 0.377 e. The molecule has 1 heterocycles. The van der Waals surface area contributed by atoms with Crippen molar-refractivity contribution in [1.29, 1.82) is 0 Å². The third-order valence-electron chi connectivity index (χ3n) is 3.71. The molecule has 3 heteroatoms. The zero-order chi connectivity index (χ0) is 12.1. The Labute approximate surface area is 106 Å². The minimum atomic E-state index is 0.363. The van der Waals surface area contributed by atoms with Gasteiger partial charge in [-0.1, -0.05) is 0 Å². The quantitative estimate of drug-likeness (QED) is 0.701. The summed E-state index contributed by atoms with van der Waals surface area (Å²) in [6, 6.07) is 0.729. The molecule has 1 aliphatic carbocycles. The minimum absolute atomic E-state index is 0.363. The van der Waals surface area contributed by atoms with Gasteiger partial charge in [0.05, 0.1) is 12.7 Å². The number of ether oxygens (including phenoxy) is 1. The van der Waals surface area contributed by atoms with Crippen LogP contribution in [0.4, 0.5) is 0 Å². The average molecular weight is 240 g/mol. The van der Waals surface area contributed by atoms with Gasteiger partial charge in [-0.25, -0.2) is 0 Å². The zero-order valence-electron chi connectivity index (χ0n) is 11.5. The van der Waals surface area contributed by atoms with Crippen molar-refractivity contribution >= 4 is 0 Å². The minimum Gasteiger partial charge on any atom is -0.377 e. The van der Waals surface area contributed by atoms with Gasteiger partial charge in [-0.15, -0.1) is 0 Å². The first-order valence-corrected chi connectivity index (χ1v) is 7.31. The predicted molar refractivity (Wildman–Crippen MR) is 71.3 cm³/mol. The molecule has 1 aliphatic heterocycles. The highest BCUT2D eigenvalue weighted by atomic mass is 16.5. The molecule has 100 valence electrons. The number of rotatable bonds is 8. The molecule has 2 fully saturated rings. The molecule has 0 spiro atoms. The van der Waals surface area contributed by atoms with Crippen LogP contribution >= 0.6 is 0 Å². The third kappa shape index (κ3) is 5.36. The van der Waals surface area contributed by atoms with Gasteiger partial charge >= 0.3 is 0 Å². The predicted octanol–water partition coefficient (Wildman–Crippen LogP) is 1.88. The van der Waals surface area contributed by atoms with E-state index in [1.165, 1.54) is 45.3 Å². The van der Waals surface area contributed by atoms with Crippen LogP contribution in [0.5, 0.6) is 0 Å². The second-order valence-electron chi connectivity index (χ2n) is 5.92. The Morgan fingerprint density at radius 3 is 2.65 bits per heavy atom. The van der Waals surface area contributed by atoms with Gasteiger partial charge < -0.3 is 10.1 Å². The Bertz CT molecular complexity index is 210. The van der Waals surface area contributed by atoms with Crippen LogP contribution in [0.3, 0.4) is 0 Å². The Balaban J connectivity index is 1.67. The van der Waals surface area contributed by atoms with E-state index in [2.05, 4.69) is 24.1 Å². The van der Waals surface area contributed by atoms with Crippen LogP contribution in [0.15, 0.2) is 0 Å². The molecule has 0 aromatic heterocycles. The molecule has 2 rings (SSSR count). The number of hydrogen-bond donors (Lipinski definition) is 1. The molecular weight excluding hydrogens is 212 g/mol. The Morgan fingerprint density at radius 1 is 1.24 bits per heavy atom. The molecule has 2 aliphatic rings. The average Bonchev–Trinajstić information content (AvgIpc) is 2.92. The first-order valence-electron chi connectivity index (χ1n) is 7.31. The van der Waals surface area contributed by atoms with Gasteiger partial charge in [-0.2, -0.15) is 0 Å². The van der Waals surface area contributed by atoms with Crippen LogP contribution in [0.1, 0.15) is 39.5 Å². The standard InChI is InChI=1S/C14H28N2O/c1-12(2)17-9-8-16(10-13-5-6-13)11-14-4-3-7-15-14/h12-15H,3-11H2,1-2H3. The van der Waals surface area contributed by atoms with E-state index in [-0.39, 0.29) is 0 Å². The summed E-state index contributed by atoms with van der Waals surface area (Å²) in [7, 11) is 0. The molecule has 0 bridgehead atoms. The molecule has 1 saturated heterocycles. The maximum Gasteiger partial charge on any atom is 0.0596 e. The molecule has 0 radical (unpaired) electrons. The van der Waals surface area contributed by atoms with E-state index >= 15 is 0 Å². The summed E-state index contributed by atoms with van der Waals surface area (Å²) in [6.07, 6.45) is 5.96. The summed E-state index contributed by atoms with van der Waals surface area (Å²) in [5.74, 6) is 0.982. The highest BCUT2D eigenvalue weighted by Gasteiger charge is 2.26.